The summed E-state index contributed by atoms with van der Waals surface area (Å²) in [5, 5.41) is 3.11. The van der Waals surface area contributed by atoms with E-state index in [1.54, 1.807) is 11.8 Å². The predicted octanol–water partition coefficient (Wildman–Crippen LogP) is 4.29. The number of hydrogen-bond acceptors (Lipinski definition) is 2. The zero-order valence-corrected chi connectivity index (χ0v) is 14.4. The Morgan fingerprint density at radius 2 is 1.91 bits per heavy atom. The summed E-state index contributed by atoms with van der Waals surface area (Å²) in [4.78, 5) is 12.1. The second-order valence-corrected chi connectivity index (χ2v) is 7.13. The average molecular weight is 325 g/mol. The number of benzene rings is 2. The van der Waals surface area contributed by atoms with Gasteiger partial charge in [0.25, 0.3) is 0 Å². The molecule has 2 aromatic carbocycles. The number of thioether (sulfide) groups is 1. The van der Waals surface area contributed by atoms with E-state index in [0.29, 0.717) is 5.75 Å². The first-order chi connectivity index (χ1) is 11.2. The largest absolute Gasteiger partial charge is 0.349 e. The molecule has 1 N–H and O–H groups in total. The van der Waals surface area contributed by atoms with Gasteiger partial charge in [0.2, 0.25) is 5.91 Å². The maximum Gasteiger partial charge on any atom is 0.230 e. The summed E-state index contributed by atoms with van der Waals surface area (Å²) in [6.07, 6.45) is 3.64. The van der Waals surface area contributed by atoms with Crippen LogP contribution in [0.5, 0.6) is 0 Å². The average Bonchev–Trinajstić information content (AvgIpc) is 3.03. The summed E-state index contributed by atoms with van der Waals surface area (Å²) >= 11 is 1.66. The number of fused-ring (bicyclic) bond motifs is 1. The smallest absolute Gasteiger partial charge is 0.230 e. The summed E-state index contributed by atoms with van der Waals surface area (Å²) in [6.45, 7) is 2.07. The van der Waals surface area contributed by atoms with Gasteiger partial charge in [0, 0.05) is 5.75 Å². The third-order valence-electron chi connectivity index (χ3n) is 4.34. The third-order valence-corrected chi connectivity index (χ3v) is 5.35. The molecule has 0 spiro atoms. The van der Waals surface area contributed by atoms with Gasteiger partial charge in [0.15, 0.2) is 0 Å². The van der Waals surface area contributed by atoms with E-state index in [-0.39, 0.29) is 11.9 Å². The Hall–Kier alpha value is -1.74. The highest BCUT2D eigenvalue weighted by molar-refractivity contribution is 7.99. The molecule has 1 amide bonds. The zero-order chi connectivity index (χ0) is 16.1. The van der Waals surface area contributed by atoms with E-state index >= 15 is 0 Å². The van der Waals surface area contributed by atoms with E-state index in [1.165, 1.54) is 41.5 Å². The Morgan fingerprint density at radius 3 is 2.74 bits per heavy atom. The molecular weight excluding hydrogens is 302 g/mol. The van der Waals surface area contributed by atoms with Crippen LogP contribution < -0.4 is 5.32 Å². The number of hydrogen-bond donors (Lipinski definition) is 1. The van der Waals surface area contributed by atoms with Gasteiger partial charge in [0.1, 0.15) is 0 Å². The Bertz CT molecular complexity index is 669. The lowest BCUT2D eigenvalue weighted by Crippen LogP contribution is -2.28. The first-order valence-electron chi connectivity index (χ1n) is 8.25. The normalized spacial score (nSPS) is 14.3. The Labute approximate surface area is 142 Å². The lowest BCUT2D eigenvalue weighted by atomic mass is 10.0. The molecule has 0 heterocycles. The summed E-state index contributed by atoms with van der Waals surface area (Å²) in [7, 11) is 0. The number of amides is 1. The van der Waals surface area contributed by atoms with Gasteiger partial charge in [0.05, 0.1) is 11.8 Å². The topological polar surface area (TPSA) is 29.1 Å². The molecular formula is C20H23NOS. The van der Waals surface area contributed by atoms with Gasteiger partial charge in [-0.1, -0.05) is 48.5 Å². The fourth-order valence-electron chi connectivity index (χ4n) is 3.06. The predicted molar refractivity (Wildman–Crippen MR) is 97.6 cm³/mol. The maximum atomic E-state index is 12.1. The van der Waals surface area contributed by atoms with Crippen molar-refractivity contribution in [3.8, 4) is 0 Å². The van der Waals surface area contributed by atoms with E-state index in [2.05, 4.69) is 42.6 Å². The molecule has 3 rings (SSSR count). The molecule has 0 saturated carbocycles. The van der Waals surface area contributed by atoms with Crippen LogP contribution in [0.1, 0.15) is 41.6 Å². The number of nitrogens with one attached hydrogen (secondary N) is 1. The molecule has 2 aromatic rings. The monoisotopic (exact) mass is 325 g/mol. The van der Waals surface area contributed by atoms with Crippen LogP contribution in [0.2, 0.25) is 0 Å². The van der Waals surface area contributed by atoms with Crippen molar-refractivity contribution in [2.75, 3.05) is 5.75 Å². The SMILES string of the molecule is C[C@H](NC(=O)CSCc1ccccc1)c1ccc2c(c1)CCC2. The lowest BCUT2D eigenvalue weighted by Gasteiger charge is -2.15. The minimum atomic E-state index is 0.0747. The number of rotatable bonds is 6. The van der Waals surface area contributed by atoms with E-state index in [0.717, 1.165) is 5.75 Å². The summed E-state index contributed by atoms with van der Waals surface area (Å²) in [5.41, 5.74) is 5.41. The zero-order valence-electron chi connectivity index (χ0n) is 13.5. The van der Waals surface area contributed by atoms with Crippen molar-refractivity contribution in [1.29, 1.82) is 0 Å². The highest BCUT2D eigenvalue weighted by atomic mass is 32.2. The highest BCUT2D eigenvalue weighted by Crippen LogP contribution is 2.25. The number of aryl methyl sites for hydroxylation is 2. The van der Waals surface area contributed by atoms with Crippen molar-refractivity contribution >= 4 is 17.7 Å². The minimum absolute atomic E-state index is 0.0747. The standard InChI is InChI=1S/C20H23NOS/c1-15(18-11-10-17-8-5-9-19(17)12-18)21-20(22)14-23-13-16-6-3-2-4-7-16/h2-4,6-7,10-12,15H,5,8-9,13-14H2,1H3,(H,21,22)/t15-/m0/s1. The van der Waals surface area contributed by atoms with Gasteiger partial charge in [-0.2, -0.15) is 0 Å². The van der Waals surface area contributed by atoms with Crippen molar-refractivity contribution < 1.29 is 4.79 Å². The molecule has 1 aliphatic rings. The molecule has 1 aliphatic carbocycles. The van der Waals surface area contributed by atoms with Gasteiger partial charge < -0.3 is 5.32 Å². The molecule has 0 unspecified atom stereocenters. The Morgan fingerprint density at radius 1 is 1.13 bits per heavy atom. The van der Waals surface area contributed by atoms with Crippen molar-refractivity contribution in [3.05, 3.63) is 70.8 Å². The maximum absolute atomic E-state index is 12.1. The Kier molecular flexibility index (Phi) is 5.39. The van der Waals surface area contributed by atoms with Crippen LogP contribution in [0.25, 0.3) is 0 Å². The van der Waals surface area contributed by atoms with Crippen LogP contribution in [-0.2, 0) is 23.4 Å². The highest BCUT2D eigenvalue weighted by Gasteiger charge is 2.14. The van der Waals surface area contributed by atoms with E-state index < -0.39 is 0 Å². The summed E-state index contributed by atoms with van der Waals surface area (Å²) in [5.74, 6) is 1.49. The van der Waals surface area contributed by atoms with Crippen LogP contribution in [0, 0.1) is 0 Å². The molecule has 1 atom stereocenters. The Balaban J connectivity index is 1.47. The molecule has 0 aromatic heterocycles. The molecule has 0 fully saturated rings. The molecule has 2 nitrogen and oxygen atoms in total. The van der Waals surface area contributed by atoms with Gasteiger partial charge in [-0.25, -0.2) is 0 Å². The lowest BCUT2D eigenvalue weighted by molar-refractivity contribution is -0.119. The van der Waals surface area contributed by atoms with Crippen LogP contribution in [0.4, 0.5) is 0 Å². The minimum Gasteiger partial charge on any atom is -0.349 e. The summed E-state index contributed by atoms with van der Waals surface area (Å²) in [6, 6.07) is 17.0. The molecule has 3 heteroatoms. The second-order valence-electron chi connectivity index (χ2n) is 6.15. The van der Waals surface area contributed by atoms with Crippen molar-refractivity contribution in [2.45, 2.75) is 38.0 Å². The van der Waals surface area contributed by atoms with E-state index in [4.69, 9.17) is 0 Å². The second kappa shape index (κ2) is 7.69. The number of carbonyl (C=O) groups is 1. The van der Waals surface area contributed by atoms with Crippen molar-refractivity contribution in [3.63, 3.8) is 0 Å². The van der Waals surface area contributed by atoms with Crippen LogP contribution >= 0.6 is 11.8 Å². The quantitative estimate of drug-likeness (QED) is 0.858. The fraction of sp³-hybridized carbons (Fsp3) is 0.350. The molecule has 120 valence electrons. The van der Waals surface area contributed by atoms with Gasteiger partial charge in [-0.3, -0.25) is 4.79 Å². The first-order valence-corrected chi connectivity index (χ1v) is 9.40. The van der Waals surface area contributed by atoms with E-state index in [1.807, 2.05) is 18.2 Å². The van der Waals surface area contributed by atoms with Gasteiger partial charge >= 0.3 is 0 Å². The third kappa shape index (κ3) is 4.38. The molecule has 0 saturated heterocycles. The number of carbonyl (C=O) groups excluding carboxylic acids is 1. The molecule has 0 radical (unpaired) electrons. The van der Waals surface area contributed by atoms with Crippen LogP contribution in [-0.4, -0.2) is 11.7 Å². The van der Waals surface area contributed by atoms with E-state index in [9.17, 15) is 4.79 Å². The van der Waals surface area contributed by atoms with Crippen LogP contribution in [0.3, 0.4) is 0 Å². The summed E-state index contributed by atoms with van der Waals surface area (Å²) < 4.78 is 0. The van der Waals surface area contributed by atoms with Crippen molar-refractivity contribution in [1.82, 2.24) is 5.32 Å². The fourth-order valence-corrected chi connectivity index (χ4v) is 3.86. The molecule has 0 aliphatic heterocycles. The van der Waals surface area contributed by atoms with Gasteiger partial charge in [-0.05, 0) is 48.4 Å². The van der Waals surface area contributed by atoms with Gasteiger partial charge in [-0.15, -0.1) is 11.8 Å². The molecule has 23 heavy (non-hydrogen) atoms. The first kappa shape index (κ1) is 16.1. The molecule has 0 bridgehead atoms. The van der Waals surface area contributed by atoms with Crippen molar-refractivity contribution in [2.24, 2.45) is 0 Å². The van der Waals surface area contributed by atoms with Crippen LogP contribution in [0.15, 0.2) is 48.5 Å².